The van der Waals surface area contributed by atoms with Gasteiger partial charge < -0.3 is 5.11 Å². The van der Waals surface area contributed by atoms with Gasteiger partial charge in [0.2, 0.25) is 0 Å². The molecular weight excluding hydrogens is 246 g/mol. The minimum Gasteiger partial charge on any atom is -0.481 e. The molecular formula is C6H8Cl4O2. The molecule has 0 aliphatic rings. The van der Waals surface area contributed by atoms with Crippen LogP contribution in [0.15, 0.2) is 0 Å². The summed E-state index contributed by atoms with van der Waals surface area (Å²) < 4.78 is -1.42. The van der Waals surface area contributed by atoms with E-state index in [4.69, 9.17) is 51.5 Å². The van der Waals surface area contributed by atoms with Crippen LogP contribution in [0.5, 0.6) is 0 Å². The van der Waals surface area contributed by atoms with Gasteiger partial charge in [-0.25, -0.2) is 0 Å². The molecule has 2 unspecified atom stereocenters. The standard InChI is InChI=1S/C6H8Cl4O2/c1-3(7)6(9,10)4(8)2-5(11)12/h3-4H,2H2,1H3,(H,11,12). The molecule has 0 bridgehead atoms. The number of hydrogen-bond donors (Lipinski definition) is 1. The number of halogens is 4. The molecule has 2 atom stereocenters. The normalized spacial score (nSPS) is 17.1. The molecule has 0 heterocycles. The van der Waals surface area contributed by atoms with E-state index in [1.54, 1.807) is 6.92 Å². The van der Waals surface area contributed by atoms with Crippen molar-refractivity contribution in [3.8, 4) is 0 Å². The molecule has 2 nitrogen and oxygen atoms in total. The van der Waals surface area contributed by atoms with Crippen molar-refractivity contribution in [3.63, 3.8) is 0 Å². The Morgan fingerprint density at radius 2 is 1.92 bits per heavy atom. The van der Waals surface area contributed by atoms with Crippen molar-refractivity contribution in [1.29, 1.82) is 0 Å². The highest BCUT2D eigenvalue weighted by Crippen LogP contribution is 2.37. The number of alkyl halides is 4. The third-order valence-electron chi connectivity index (χ3n) is 1.30. The summed E-state index contributed by atoms with van der Waals surface area (Å²) in [5.41, 5.74) is 0. The van der Waals surface area contributed by atoms with Gasteiger partial charge in [-0.3, -0.25) is 4.79 Å². The number of carbonyl (C=O) groups is 1. The number of carboxylic acid groups (broad SMARTS) is 1. The van der Waals surface area contributed by atoms with Crippen LogP contribution in [0, 0.1) is 0 Å². The SMILES string of the molecule is CC(Cl)C(Cl)(Cl)C(Cl)CC(=O)O. The fourth-order valence-electron chi connectivity index (χ4n) is 0.539. The number of carboxylic acids is 1. The van der Waals surface area contributed by atoms with Gasteiger partial charge in [-0.05, 0) is 6.92 Å². The maximum absolute atomic E-state index is 10.2. The molecule has 0 spiro atoms. The highest BCUT2D eigenvalue weighted by Gasteiger charge is 2.39. The summed E-state index contributed by atoms with van der Waals surface area (Å²) in [6.45, 7) is 1.55. The first-order valence-electron chi connectivity index (χ1n) is 3.16. The summed E-state index contributed by atoms with van der Waals surface area (Å²) in [6, 6.07) is 0. The predicted octanol–water partition coefficient (Wildman–Crippen LogP) is 2.87. The smallest absolute Gasteiger partial charge is 0.304 e. The van der Waals surface area contributed by atoms with Crippen LogP contribution in [0.3, 0.4) is 0 Å². The van der Waals surface area contributed by atoms with Crippen molar-refractivity contribution in [1.82, 2.24) is 0 Å². The maximum atomic E-state index is 10.2. The van der Waals surface area contributed by atoms with Gasteiger partial charge in [0, 0.05) is 0 Å². The van der Waals surface area contributed by atoms with Crippen molar-refractivity contribution in [2.24, 2.45) is 0 Å². The van der Waals surface area contributed by atoms with Crippen LogP contribution in [-0.2, 0) is 4.79 Å². The number of rotatable bonds is 4. The molecule has 6 heteroatoms. The van der Waals surface area contributed by atoms with E-state index < -0.39 is 21.1 Å². The van der Waals surface area contributed by atoms with Gasteiger partial charge in [-0.15, -0.1) is 23.2 Å². The molecule has 0 radical (unpaired) electrons. The zero-order chi connectivity index (χ0) is 9.94. The van der Waals surface area contributed by atoms with E-state index in [0.717, 1.165) is 0 Å². The van der Waals surface area contributed by atoms with Gasteiger partial charge in [0.1, 0.15) is 0 Å². The molecule has 0 amide bonds. The predicted molar refractivity (Wildman–Crippen MR) is 51.6 cm³/mol. The van der Waals surface area contributed by atoms with Crippen molar-refractivity contribution < 1.29 is 9.90 Å². The summed E-state index contributed by atoms with van der Waals surface area (Å²) >= 11 is 22.6. The van der Waals surface area contributed by atoms with Crippen molar-refractivity contribution >= 4 is 52.4 Å². The van der Waals surface area contributed by atoms with Crippen molar-refractivity contribution in [2.45, 2.75) is 28.4 Å². The zero-order valence-electron chi connectivity index (χ0n) is 6.23. The molecule has 0 saturated heterocycles. The first kappa shape index (κ1) is 12.6. The van der Waals surface area contributed by atoms with Gasteiger partial charge >= 0.3 is 5.97 Å². The van der Waals surface area contributed by atoms with Crippen molar-refractivity contribution in [2.75, 3.05) is 0 Å². The van der Waals surface area contributed by atoms with E-state index in [1.165, 1.54) is 0 Å². The Morgan fingerprint density at radius 1 is 1.50 bits per heavy atom. The summed E-state index contributed by atoms with van der Waals surface area (Å²) in [4.78, 5) is 10.2. The Labute approximate surface area is 90.7 Å². The Bertz CT molecular complexity index is 169. The lowest BCUT2D eigenvalue weighted by Gasteiger charge is -2.26. The molecule has 0 aliphatic heterocycles. The highest BCUT2D eigenvalue weighted by molar-refractivity contribution is 6.55. The van der Waals surface area contributed by atoms with E-state index >= 15 is 0 Å². The van der Waals surface area contributed by atoms with Crippen molar-refractivity contribution in [3.05, 3.63) is 0 Å². The molecule has 0 aromatic rings. The van der Waals surface area contributed by atoms with Crippen LogP contribution in [0.1, 0.15) is 13.3 Å². The lowest BCUT2D eigenvalue weighted by atomic mass is 10.2. The van der Waals surface area contributed by atoms with Crippen LogP contribution in [0.4, 0.5) is 0 Å². The van der Waals surface area contributed by atoms with Crippen LogP contribution in [0.25, 0.3) is 0 Å². The molecule has 1 N–H and O–H groups in total. The molecule has 72 valence electrons. The summed E-state index contributed by atoms with van der Waals surface area (Å²) in [6.07, 6.45) is -0.314. The average Bonchev–Trinajstić information content (AvgIpc) is 1.85. The topological polar surface area (TPSA) is 37.3 Å². The molecule has 12 heavy (non-hydrogen) atoms. The zero-order valence-corrected chi connectivity index (χ0v) is 9.25. The fourth-order valence-corrected chi connectivity index (χ4v) is 1.23. The quantitative estimate of drug-likeness (QED) is 0.783. The molecule has 0 aromatic carbocycles. The van der Waals surface area contributed by atoms with E-state index in [-0.39, 0.29) is 6.42 Å². The summed E-state index contributed by atoms with van der Waals surface area (Å²) in [5, 5.41) is 6.88. The minimum atomic E-state index is -1.42. The second kappa shape index (κ2) is 4.75. The van der Waals surface area contributed by atoms with Gasteiger partial charge in [-0.2, -0.15) is 0 Å². The number of hydrogen-bond acceptors (Lipinski definition) is 1. The third kappa shape index (κ3) is 3.56. The van der Waals surface area contributed by atoms with Gasteiger partial charge in [0.15, 0.2) is 4.33 Å². The van der Waals surface area contributed by atoms with Crippen LogP contribution in [-0.4, -0.2) is 26.2 Å². The first-order valence-corrected chi connectivity index (χ1v) is 4.79. The monoisotopic (exact) mass is 252 g/mol. The summed E-state index contributed by atoms with van der Waals surface area (Å²) in [5.74, 6) is -1.06. The second-order valence-electron chi connectivity index (χ2n) is 2.36. The average molecular weight is 254 g/mol. The first-order chi connectivity index (χ1) is 5.28. The Morgan fingerprint density at radius 3 is 2.17 bits per heavy atom. The Kier molecular flexibility index (Phi) is 5.00. The Hall–Kier alpha value is 0.630. The highest BCUT2D eigenvalue weighted by atomic mass is 35.5. The Balaban J connectivity index is 4.24. The maximum Gasteiger partial charge on any atom is 0.304 e. The second-order valence-corrected chi connectivity index (χ2v) is 4.98. The van der Waals surface area contributed by atoms with E-state index in [1.807, 2.05) is 0 Å². The summed E-state index contributed by atoms with van der Waals surface area (Å²) in [7, 11) is 0. The third-order valence-corrected chi connectivity index (χ3v) is 3.77. The van der Waals surface area contributed by atoms with Crippen LogP contribution in [0.2, 0.25) is 0 Å². The minimum absolute atomic E-state index is 0.314. The van der Waals surface area contributed by atoms with Gasteiger partial charge in [0.25, 0.3) is 0 Å². The van der Waals surface area contributed by atoms with Crippen LogP contribution < -0.4 is 0 Å². The van der Waals surface area contributed by atoms with E-state index in [2.05, 4.69) is 0 Å². The molecule has 0 fully saturated rings. The lowest BCUT2D eigenvalue weighted by molar-refractivity contribution is -0.137. The molecule has 0 aliphatic carbocycles. The van der Waals surface area contributed by atoms with Gasteiger partial charge in [-0.1, -0.05) is 23.2 Å². The van der Waals surface area contributed by atoms with Crippen LogP contribution >= 0.6 is 46.4 Å². The lowest BCUT2D eigenvalue weighted by Crippen LogP contribution is -2.36. The fraction of sp³-hybridized carbons (Fsp3) is 0.833. The number of aliphatic carboxylic acids is 1. The largest absolute Gasteiger partial charge is 0.481 e. The van der Waals surface area contributed by atoms with Gasteiger partial charge in [0.05, 0.1) is 17.2 Å². The molecule has 0 rings (SSSR count). The van der Waals surface area contributed by atoms with E-state index in [9.17, 15) is 4.79 Å². The molecule has 0 saturated carbocycles. The molecule has 0 aromatic heterocycles. The van der Waals surface area contributed by atoms with E-state index in [0.29, 0.717) is 0 Å².